The van der Waals surface area contributed by atoms with Gasteiger partial charge in [-0.25, -0.2) is 4.98 Å². The first-order chi connectivity index (χ1) is 6.74. The van der Waals surface area contributed by atoms with E-state index in [1.54, 1.807) is 13.3 Å². The number of nitrogens with one attached hydrogen (secondary N) is 1. The van der Waals surface area contributed by atoms with Gasteiger partial charge in [0.1, 0.15) is 4.60 Å². The molecule has 1 N–H and O–H groups in total. The molecule has 1 unspecified atom stereocenters. The Kier molecular flexibility index (Phi) is 4.90. The van der Waals surface area contributed by atoms with Gasteiger partial charge in [-0.15, -0.1) is 0 Å². The van der Waals surface area contributed by atoms with E-state index in [1.807, 2.05) is 12.1 Å². The summed E-state index contributed by atoms with van der Waals surface area (Å²) in [5, 5.41) is 3.36. The molecule has 14 heavy (non-hydrogen) atoms. The lowest BCUT2D eigenvalue weighted by molar-refractivity contribution is 0.191. The number of anilines is 1. The zero-order valence-electron chi connectivity index (χ0n) is 8.46. The van der Waals surface area contributed by atoms with E-state index in [0.717, 1.165) is 23.3 Å². The van der Waals surface area contributed by atoms with Crippen LogP contribution in [0.15, 0.2) is 22.9 Å². The highest BCUT2D eigenvalue weighted by Gasteiger charge is 2.04. The highest BCUT2D eigenvalue weighted by atomic mass is 79.9. The maximum absolute atomic E-state index is 5.01. The maximum Gasteiger partial charge on any atom is 0.129 e. The van der Waals surface area contributed by atoms with Gasteiger partial charge < -0.3 is 10.1 Å². The zero-order chi connectivity index (χ0) is 10.4. The zero-order valence-corrected chi connectivity index (χ0v) is 10.0. The average Bonchev–Trinajstić information content (AvgIpc) is 2.18. The number of hydrogen-bond acceptors (Lipinski definition) is 3. The third kappa shape index (κ3) is 3.64. The molecule has 0 amide bonds. The number of methoxy groups -OCH3 is 1. The molecule has 1 heterocycles. The van der Waals surface area contributed by atoms with Gasteiger partial charge in [-0.05, 0) is 41.4 Å². The summed E-state index contributed by atoms with van der Waals surface area (Å²) in [7, 11) is 1.71. The van der Waals surface area contributed by atoms with E-state index in [1.165, 1.54) is 0 Å². The Morgan fingerprint density at radius 3 is 3.07 bits per heavy atom. The van der Waals surface area contributed by atoms with Gasteiger partial charge in [-0.2, -0.15) is 0 Å². The molecule has 0 saturated heterocycles. The van der Waals surface area contributed by atoms with Crippen LogP contribution in [0.5, 0.6) is 0 Å². The number of hydrogen-bond donors (Lipinski definition) is 1. The third-order valence-corrected chi connectivity index (χ3v) is 2.55. The molecular formula is C10H15BrN2O. The molecule has 0 radical (unpaired) electrons. The highest BCUT2D eigenvalue weighted by molar-refractivity contribution is 9.10. The molecule has 0 saturated carbocycles. The van der Waals surface area contributed by atoms with Crippen LogP contribution >= 0.6 is 15.9 Å². The van der Waals surface area contributed by atoms with Crippen molar-refractivity contribution in [2.45, 2.75) is 19.4 Å². The van der Waals surface area contributed by atoms with Gasteiger partial charge in [0.15, 0.2) is 0 Å². The number of ether oxygens (including phenoxy) is 1. The third-order valence-electron chi connectivity index (χ3n) is 1.92. The molecule has 0 aromatic carbocycles. The van der Waals surface area contributed by atoms with Gasteiger partial charge in [0.2, 0.25) is 0 Å². The Bertz CT molecular complexity index is 281. The van der Waals surface area contributed by atoms with E-state index in [0.29, 0.717) is 6.04 Å². The summed E-state index contributed by atoms with van der Waals surface area (Å²) >= 11 is 3.39. The van der Waals surface area contributed by atoms with Crippen molar-refractivity contribution >= 4 is 21.6 Å². The maximum atomic E-state index is 5.01. The molecule has 0 aliphatic carbocycles. The molecule has 0 aliphatic heterocycles. The minimum atomic E-state index is 0.385. The molecule has 78 valence electrons. The van der Waals surface area contributed by atoms with Crippen molar-refractivity contribution in [2.24, 2.45) is 0 Å². The molecule has 1 aromatic heterocycles. The van der Waals surface area contributed by atoms with E-state index >= 15 is 0 Å². The fourth-order valence-corrected chi connectivity index (χ4v) is 1.49. The van der Waals surface area contributed by atoms with E-state index in [2.05, 4.69) is 33.2 Å². The van der Waals surface area contributed by atoms with Gasteiger partial charge in [0, 0.05) is 26.0 Å². The second kappa shape index (κ2) is 5.98. The summed E-state index contributed by atoms with van der Waals surface area (Å²) < 4.78 is 5.86. The van der Waals surface area contributed by atoms with Crippen LogP contribution in [0, 0.1) is 0 Å². The number of aromatic nitrogens is 1. The second-order valence-electron chi connectivity index (χ2n) is 3.17. The number of rotatable bonds is 5. The molecule has 0 bridgehead atoms. The van der Waals surface area contributed by atoms with E-state index in [4.69, 9.17) is 4.74 Å². The van der Waals surface area contributed by atoms with Gasteiger partial charge in [-0.1, -0.05) is 0 Å². The minimum Gasteiger partial charge on any atom is -0.385 e. The highest BCUT2D eigenvalue weighted by Crippen LogP contribution is 2.19. The lowest BCUT2D eigenvalue weighted by atomic mass is 10.2. The summed E-state index contributed by atoms with van der Waals surface area (Å²) in [4.78, 5) is 4.14. The average molecular weight is 259 g/mol. The Hall–Kier alpha value is -0.610. The Balaban J connectivity index is 2.47. The van der Waals surface area contributed by atoms with Crippen LogP contribution in [0.25, 0.3) is 0 Å². The van der Waals surface area contributed by atoms with Crippen molar-refractivity contribution in [3.8, 4) is 0 Å². The first-order valence-electron chi connectivity index (χ1n) is 4.60. The van der Waals surface area contributed by atoms with Crippen LogP contribution in [-0.4, -0.2) is 24.7 Å². The fraction of sp³-hybridized carbons (Fsp3) is 0.500. The fourth-order valence-electron chi connectivity index (χ4n) is 1.13. The van der Waals surface area contributed by atoms with Crippen molar-refractivity contribution < 1.29 is 4.74 Å². The van der Waals surface area contributed by atoms with Crippen LogP contribution in [-0.2, 0) is 4.74 Å². The second-order valence-corrected chi connectivity index (χ2v) is 3.92. The Morgan fingerprint density at radius 2 is 2.43 bits per heavy atom. The predicted octanol–water partition coefficient (Wildman–Crippen LogP) is 2.68. The van der Waals surface area contributed by atoms with Crippen LogP contribution < -0.4 is 5.32 Å². The predicted molar refractivity (Wildman–Crippen MR) is 61.5 cm³/mol. The summed E-state index contributed by atoms with van der Waals surface area (Å²) in [6, 6.07) is 4.30. The van der Waals surface area contributed by atoms with E-state index < -0.39 is 0 Å². The van der Waals surface area contributed by atoms with Crippen LogP contribution in [0.2, 0.25) is 0 Å². The van der Waals surface area contributed by atoms with Gasteiger partial charge >= 0.3 is 0 Å². The van der Waals surface area contributed by atoms with Crippen molar-refractivity contribution in [1.29, 1.82) is 0 Å². The van der Waals surface area contributed by atoms with Gasteiger partial charge in [0.05, 0.1) is 5.69 Å². The van der Waals surface area contributed by atoms with Gasteiger partial charge in [0.25, 0.3) is 0 Å². The van der Waals surface area contributed by atoms with Crippen LogP contribution in [0.3, 0.4) is 0 Å². The van der Waals surface area contributed by atoms with Crippen molar-refractivity contribution in [1.82, 2.24) is 4.98 Å². The standard InChI is InChI=1S/C10H15BrN2O/c1-8(5-7-14-2)13-9-4-3-6-12-10(9)11/h3-4,6,8,13H,5,7H2,1-2H3. The molecule has 3 nitrogen and oxygen atoms in total. The Morgan fingerprint density at radius 1 is 1.64 bits per heavy atom. The SMILES string of the molecule is COCCC(C)Nc1cccnc1Br. The molecule has 0 fully saturated rings. The van der Waals surface area contributed by atoms with Crippen LogP contribution in [0.1, 0.15) is 13.3 Å². The van der Waals surface area contributed by atoms with E-state index in [9.17, 15) is 0 Å². The van der Waals surface area contributed by atoms with Crippen molar-refractivity contribution in [3.05, 3.63) is 22.9 Å². The first-order valence-corrected chi connectivity index (χ1v) is 5.39. The van der Waals surface area contributed by atoms with Crippen LogP contribution in [0.4, 0.5) is 5.69 Å². The normalized spacial score (nSPS) is 12.5. The molecule has 1 aromatic rings. The molecule has 1 atom stereocenters. The smallest absolute Gasteiger partial charge is 0.129 e. The van der Waals surface area contributed by atoms with Crippen molar-refractivity contribution in [3.63, 3.8) is 0 Å². The number of halogens is 1. The topological polar surface area (TPSA) is 34.1 Å². The summed E-state index contributed by atoms with van der Waals surface area (Å²) in [6.45, 7) is 2.89. The number of pyridine rings is 1. The largest absolute Gasteiger partial charge is 0.385 e. The lowest BCUT2D eigenvalue weighted by Gasteiger charge is -2.15. The Labute approximate surface area is 93.0 Å². The first kappa shape index (κ1) is 11.5. The molecule has 4 heteroatoms. The molecule has 0 spiro atoms. The molecule has 0 aliphatic rings. The quantitative estimate of drug-likeness (QED) is 0.825. The lowest BCUT2D eigenvalue weighted by Crippen LogP contribution is -2.17. The summed E-state index contributed by atoms with van der Waals surface area (Å²) in [5.74, 6) is 0. The monoisotopic (exact) mass is 258 g/mol. The minimum absolute atomic E-state index is 0.385. The van der Waals surface area contributed by atoms with Crippen molar-refractivity contribution in [2.75, 3.05) is 19.0 Å². The summed E-state index contributed by atoms with van der Waals surface area (Å²) in [5.41, 5.74) is 1.02. The molecular weight excluding hydrogens is 244 g/mol. The van der Waals surface area contributed by atoms with Gasteiger partial charge in [-0.3, -0.25) is 0 Å². The van der Waals surface area contributed by atoms with E-state index in [-0.39, 0.29) is 0 Å². The number of nitrogens with zero attached hydrogens (tertiary/aromatic N) is 1. The molecule has 1 rings (SSSR count). The summed E-state index contributed by atoms with van der Waals surface area (Å²) in [6.07, 6.45) is 2.74.